The highest BCUT2D eigenvalue weighted by Crippen LogP contribution is 2.16. The van der Waals surface area contributed by atoms with E-state index in [1.165, 1.54) is 0 Å². The second kappa shape index (κ2) is 7.45. The fourth-order valence-corrected chi connectivity index (χ4v) is 3.62. The molecule has 6 heteroatoms. The minimum atomic E-state index is -2.38. The molecular weight excluding hydrogens is 238 g/mol. The lowest BCUT2D eigenvalue weighted by Gasteiger charge is -2.26. The quantitative estimate of drug-likeness (QED) is 0.434. The zero-order valence-corrected chi connectivity index (χ0v) is 12.4. The molecule has 0 N–H and O–H groups in total. The maximum Gasteiger partial charge on any atom is 0.500 e. The summed E-state index contributed by atoms with van der Waals surface area (Å²) in [5.74, 6) is 0. The summed E-state index contributed by atoms with van der Waals surface area (Å²) in [5, 5.41) is 0. The van der Waals surface area contributed by atoms with Gasteiger partial charge in [-0.2, -0.15) is 0 Å². The number of likely N-dealkylation sites (N-methyl/N-ethyl adjacent to an activating group) is 1. The summed E-state index contributed by atoms with van der Waals surface area (Å²) in [5.41, 5.74) is 0. The zero-order valence-electron chi connectivity index (χ0n) is 11.4. The molecule has 5 nitrogen and oxygen atoms in total. The van der Waals surface area contributed by atoms with Gasteiger partial charge in [0.1, 0.15) is 0 Å². The lowest BCUT2D eigenvalue weighted by Crippen LogP contribution is -2.43. The van der Waals surface area contributed by atoms with E-state index >= 15 is 0 Å². The zero-order chi connectivity index (χ0) is 12.7. The van der Waals surface area contributed by atoms with E-state index in [2.05, 4.69) is 11.8 Å². The Labute approximate surface area is 105 Å². The van der Waals surface area contributed by atoms with Crippen molar-refractivity contribution < 1.29 is 18.0 Å². The van der Waals surface area contributed by atoms with Crippen LogP contribution < -0.4 is 0 Å². The predicted octanol–water partition coefficient (Wildman–Crippen LogP) is 0.975. The van der Waals surface area contributed by atoms with Crippen LogP contribution in [0, 0.1) is 0 Å². The smallest absolute Gasteiger partial charge is 0.377 e. The molecule has 17 heavy (non-hydrogen) atoms. The first-order valence-corrected chi connectivity index (χ1v) is 8.12. The third-order valence-electron chi connectivity index (χ3n) is 3.20. The third-order valence-corrected chi connectivity index (χ3v) is 6.03. The first kappa shape index (κ1) is 15.1. The van der Waals surface area contributed by atoms with Gasteiger partial charge in [0.25, 0.3) is 0 Å². The molecule has 1 aliphatic heterocycles. The largest absolute Gasteiger partial charge is 0.500 e. The molecule has 1 atom stereocenters. The average Bonchev–Trinajstić information content (AvgIpc) is 3.18. The average molecular weight is 263 g/mol. The van der Waals surface area contributed by atoms with Gasteiger partial charge in [-0.3, -0.25) is 0 Å². The van der Waals surface area contributed by atoms with E-state index in [0.717, 1.165) is 38.7 Å². The molecule has 0 saturated carbocycles. The van der Waals surface area contributed by atoms with E-state index in [0.29, 0.717) is 6.10 Å². The molecule has 0 amide bonds. The van der Waals surface area contributed by atoms with Crippen molar-refractivity contribution in [2.75, 3.05) is 47.6 Å². The fourth-order valence-electron chi connectivity index (χ4n) is 1.92. The lowest BCUT2D eigenvalue weighted by atomic mass is 10.3. The highest BCUT2D eigenvalue weighted by atomic mass is 28.4. The van der Waals surface area contributed by atoms with E-state index in [-0.39, 0.29) is 0 Å². The van der Waals surface area contributed by atoms with Crippen molar-refractivity contribution >= 4 is 8.80 Å². The number of rotatable bonds is 10. The Morgan fingerprint density at radius 1 is 1.24 bits per heavy atom. The van der Waals surface area contributed by atoms with Crippen molar-refractivity contribution in [2.24, 2.45) is 0 Å². The summed E-state index contributed by atoms with van der Waals surface area (Å²) in [6.07, 6.45) is 1.49. The van der Waals surface area contributed by atoms with Gasteiger partial charge < -0.3 is 22.9 Å². The van der Waals surface area contributed by atoms with Crippen molar-refractivity contribution in [2.45, 2.75) is 25.5 Å². The molecule has 0 aromatic heterocycles. The van der Waals surface area contributed by atoms with Crippen LogP contribution in [0.5, 0.6) is 0 Å². The van der Waals surface area contributed by atoms with E-state index in [4.69, 9.17) is 18.0 Å². The summed E-state index contributed by atoms with van der Waals surface area (Å²) in [4.78, 5) is 2.40. The highest BCUT2D eigenvalue weighted by molar-refractivity contribution is 6.60. The molecule has 1 heterocycles. The molecule has 1 saturated heterocycles. The first-order valence-electron chi connectivity index (χ1n) is 6.19. The van der Waals surface area contributed by atoms with Crippen LogP contribution in [0.2, 0.25) is 6.04 Å². The molecule has 1 rings (SSSR count). The maximum atomic E-state index is 5.40. The highest BCUT2D eigenvalue weighted by Gasteiger charge is 2.37. The van der Waals surface area contributed by atoms with E-state index in [1.807, 2.05) is 0 Å². The molecular formula is C11H25NO4Si. The Bertz CT molecular complexity index is 201. The molecule has 0 aromatic carbocycles. The van der Waals surface area contributed by atoms with Crippen LogP contribution >= 0.6 is 0 Å². The Morgan fingerprint density at radius 3 is 2.24 bits per heavy atom. The standard InChI is InChI=1S/C11H25NO4Si/c1-5-12(9-11-10-16-11)7-6-8-17(13-2,14-3)15-4/h11H,5-10H2,1-4H3. The second-order valence-corrected chi connectivity index (χ2v) is 7.34. The van der Waals surface area contributed by atoms with Crippen LogP contribution in [-0.4, -0.2) is 67.4 Å². The molecule has 1 unspecified atom stereocenters. The fraction of sp³-hybridized carbons (Fsp3) is 1.00. The van der Waals surface area contributed by atoms with Crippen LogP contribution in [0.1, 0.15) is 13.3 Å². The number of ether oxygens (including phenoxy) is 1. The molecule has 0 bridgehead atoms. The number of hydrogen-bond donors (Lipinski definition) is 0. The topological polar surface area (TPSA) is 43.5 Å². The molecule has 102 valence electrons. The van der Waals surface area contributed by atoms with Gasteiger partial charge in [-0.05, 0) is 19.5 Å². The predicted molar refractivity (Wildman–Crippen MR) is 68.1 cm³/mol. The van der Waals surface area contributed by atoms with Crippen molar-refractivity contribution in [3.63, 3.8) is 0 Å². The van der Waals surface area contributed by atoms with Crippen LogP contribution in [-0.2, 0) is 18.0 Å². The van der Waals surface area contributed by atoms with Gasteiger partial charge in [0.05, 0.1) is 12.7 Å². The maximum absolute atomic E-state index is 5.40. The summed E-state index contributed by atoms with van der Waals surface area (Å²) < 4.78 is 21.4. The van der Waals surface area contributed by atoms with Crippen molar-refractivity contribution in [1.29, 1.82) is 0 Å². The van der Waals surface area contributed by atoms with E-state index in [1.54, 1.807) is 21.3 Å². The lowest BCUT2D eigenvalue weighted by molar-refractivity contribution is 0.121. The van der Waals surface area contributed by atoms with Crippen LogP contribution in [0.15, 0.2) is 0 Å². The Morgan fingerprint density at radius 2 is 1.82 bits per heavy atom. The summed E-state index contributed by atoms with van der Waals surface area (Å²) in [6, 6.07) is 0.860. The SMILES string of the molecule is CCN(CCC[Si](OC)(OC)OC)CC1CO1. The Balaban J connectivity index is 2.23. The minimum absolute atomic E-state index is 0.462. The van der Waals surface area contributed by atoms with Crippen LogP contribution in [0.25, 0.3) is 0 Å². The minimum Gasteiger partial charge on any atom is -0.377 e. The monoisotopic (exact) mass is 263 g/mol. The van der Waals surface area contributed by atoms with Crippen LogP contribution in [0.4, 0.5) is 0 Å². The second-order valence-electron chi connectivity index (χ2n) is 4.25. The first-order chi connectivity index (χ1) is 8.19. The molecule has 0 spiro atoms. The van der Waals surface area contributed by atoms with Gasteiger partial charge in [0, 0.05) is 33.9 Å². The van der Waals surface area contributed by atoms with E-state index < -0.39 is 8.80 Å². The van der Waals surface area contributed by atoms with Crippen LogP contribution in [0.3, 0.4) is 0 Å². The summed E-state index contributed by atoms with van der Waals surface area (Å²) in [6.45, 7) is 6.24. The summed E-state index contributed by atoms with van der Waals surface area (Å²) in [7, 11) is 2.61. The summed E-state index contributed by atoms with van der Waals surface area (Å²) >= 11 is 0. The van der Waals surface area contributed by atoms with Gasteiger partial charge in [-0.15, -0.1) is 0 Å². The Hall–Kier alpha value is 0.0169. The van der Waals surface area contributed by atoms with Crippen molar-refractivity contribution in [3.05, 3.63) is 0 Å². The van der Waals surface area contributed by atoms with Gasteiger partial charge >= 0.3 is 8.80 Å². The number of nitrogens with zero attached hydrogens (tertiary/aromatic N) is 1. The van der Waals surface area contributed by atoms with Crippen molar-refractivity contribution in [3.8, 4) is 0 Å². The third kappa shape index (κ3) is 5.03. The van der Waals surface area contributed by atoms with E-state index in [9.17, 15) is 0 Å². The normalized spacial score (nSPS) is 19.9. The Kier molecular flexibility index (Phi) is 6.61. The number of epoxide rings is 1. The van der Waals surface area contributed by atoms with Gasteiger partial charge in [-0.25, -0.2) is 0 Å². The van der Waals surface area contributed by atoms with Gasteiger partial charge in [-0.1, -0.05) is 6.92 Å². The molecule has 0 radical (unpaired) electrons. The van der Waals surface area contributed by atoms with Gasteiger partial charge in [0.2, 0.25) is 0 Å². The molecule has 0 aromatic rings. The van der Waals surface area contributed by atoms with Crippen molar-refractivity contribution in [1.82, 2.24) is 4.90 Å². The van der Waals surface area contributed by atoms with Gasteiger partial charge in [0.15, 0.2) is 0 Å². The molecule has 1 aliphatic rings. The number of hydrogen-bond acceptors (Lipinski definition) is 5. The molecule has 1 fully saturated rings. The molecule has 0 aliphatic carbocycles.